The Hall–Kier alpha value is -1.38. The smallest absolute Gasteiger partial charge is 0.229 e. The molecule has 1 aromatic heterocycles. The summed E-state index contributed by atoms with van der Waals surface area (Å²) in [5, 5.41) is 0. The third kappa shape index (κ3) is 2.78. The van der Waals surface area contributed by atoms with E-state index < -0.39 is 0 Å². The molecule has 3 nitrogen and oxygen atoms in total. The molecule has 1 rings (SSSR count). The topological polar surface area (TPSA) is 33.2 Å². The lowest BCUT2D eigenvalue weighted by Crippen LogP contribution is -2.32. The van der Waals surface area contributed by atoms with E-state index in [-0.39, 0.29) is 11.8 Å². The molecule has 82 valence electrons. The van der Waals surface area contributed by atoms with Crippen LogP contribution in [0, 0.1) is 5.92 Å². The van der Waals surface area contributed by atoms with Crippen LogP contribution in [0.25, 0.3) is 0 Å². The van der Waals surface area contributed by atoms with Gasteiger partial charge < -0.3 is 4.90 Å². The first kappa shape index (κ1) is 11.7. The molecule has 0 atom stereocenters. The summed E-state index contributed by atoms with van der Waals surface area (Å²) in [6.45, 7) is 4.09. The summed E-state index contributed by atoms with van der Waals surface area (Å²) in [5.74, 6) is 0.295. The van der Waals surface area contributed by atoms with Gasteiger partial charge in [-0.25, -0.2) is 0 Å². The number of nitrogens with zero attached hydrogens (tertiary/aromatic N) is 2. The van der Waals surface area contributed by atoms with Crippen molar-refractivity contribution in [3.63, 3.8) is 0 Å². The number of aromatic nitrogens is 1. The largest absolute Gasteiger partial charge is 0.314 e. The second-order valence-electron chi connectivity index (χ2n) is 3.62. The van der Waals surface area contributed by atoms with Crippen LogP contribution in [0.1, 0.15) is 26.7 Å². The van der Waals surface area contributed by atoms with E-state index in [0.29, 0.717) is 0 Å². The lowest BCUT2D eigenvalue weighted by Gasteiger charge is -2.21. The van der Waals surface area contributed by atoms with Gasteiger partial charge in [-0.2, -0.15) is 0 Å². The van der Waals surface area contributed by atoms with E-state index in [1.165, 1.54) is 0 Å². The molecule has 0 radical (unpaired) electrons. The highest BCUT2D eigenvalue weighted by molar-refractivity contribution is 5.94. The van der Waals surface area contributed by atoms with E-state index >= 15 is 0 Å². The van der Waals surface area contributed by atoms with Gasteiger partial charge in [0, 0.05) is 19.2 Å². The fourth-order valence-electron chi connectivity index (χ4n) is 1.59. The normalized spacial score (nSPS) is 10.4. The van der Waals surface area contributed by atoms with Crippen molar-refractivity contribution >= 4 is 11.6 Å². The highest BCUT2D eigenvalue weighted by Gasteiger charge is 2.19. The van der Waals surface area contributed by atoms with Gasteiger partial charge in [0.1, 0.15) is 0 Å². The zero-order valence-corrected chi connectivity index (χ0v) is 9.60. The minimum Gasteiger partial charge on any atom is -0.314 e. The van der Waals surface area contributed by atoms with Crippen LogP contribution in [-0.4, -0.2) is 17.9 Å². The van der Waals surface area contributed by atoms with Gasteiger partial charge in [-0.3, -0.25) is 9.78 Å². The molecule has 1 amide bonds. The second kappa shape index (κ2) is 5.49. The zero-order chi connectivity index (χ0) is 11.3. The number of carbonyl (C=O) groups excluding carboxylic acids is 1. The van der Waals surface area contributed by atoms with Crippen LogP contribution in [0.3, 0.4) is 0 Å². The third-order valence-corrected chi connectivity index (χ3v) is 2.70. The summed E-state index contributed by atoms with van der Waals surface area (Å²) in [6.07, 6.45) is 5.19. The molecule has 1 aromatic rings. The van der Waals surface area contributed by atoms with Crippen molar-refractivity contribution in [1.29, 1.82) is 0 Å². The minimum atomic E-state index is 0.121. The van der Waals surface area contributed by atoms with Crippen molar-refractivity contribution in [1.82, 2.24) is 4.98 Å². The molecule has 0 unspecified atom stereocenters. The van der Waals surface area contributed by atoms with Crippen molar-refractivity contribution in [3.8, 4) is 0 Å². The van der Waals surface area contributed by atoms with Crippen LogP contribution in [-0.2, 0) is 4.79 Å². The quantitative estimate of drug-likeness (QED) is 0.758. The Bertz CT molecular complexity index is 307. The maximum atomic E-state index is 12.0. The summed E-state index contributed by atoms with van der Waals surface area (Å²) < 4.78 is 0. The molecular weight excluding hydrogens is 188 g/mol. The van der Waals surface area contributed by atoms with Gasteiger partial charge >= 0.3 is 0 Å². The Kier molecular flexibility index (Phi) is 4.28. The Labute approximate surface area is 91.1 Å². The van der Waals surface area contributed by atoms with Crippen molar-refractivity contribution in [2.24, 2.45) is 5.92 Å². The number of hydrogen-bond acceptors (Lipinski definition) is 2. The molecule has 0 spiro atoms. The van der Waals surface area contributed by atoms with Gasteiger partial charge in [0.25, 0.3) is 0 Å². The summed E-state index contributed by atoms with van der Waals surface area (Å²) in [6, 6.07) is 3.74. The number of carbonyl (C=O) groups is 1. The predicted octanol–water partition coefficient (Wildman–Crippen LogP) is 2.48. The third-order valence-electron chi connectivity index (χ3n) is 2.70. The van der Waals surface area contributed by atoms with Gasteiger partial charge in [0.2, 0.25) is 5.91 Å². The van der Waals surface area contributed by atoms with Crippen LogP contribution >= 0.6 is 0 Å². The van der Waals surface area contributed by atoms with Gasteiger partial charge in [-0.05, 0) is 25.0 Å². The molecule has 15 heavy (non-hydrogen) atoms. The number of hydrogen-bond donors (Lipinski definition) is 0. The first-order valence-electron chi connectivity index (χ1n) is 5.38. The molecule has 0 N–H and O–H groups in total. The van der Waals surface area contributed by atoms with Crippen LogP contribution in [0.15, 0.2) is 24.5 Å². The van der Waals surface area contributed by atoms with Crippen LogP contribution < -0.4 is 4.90 Å². The minimum absolute atomic E-state index is 0.121. The lowest BCUT2D eigenvalue weighted by molar-refractivity contribution is -0.122. The van der Waals surface area contributed by atoms with Crippen molar-refractivity contribution in [2.45, 2.75) is 26.7 Å². The van der Waals surface area contributed by atoms with Crippen LogP contribution in [0.5, 0.6) is 0 Å². The van der Waals surface area contributed by atoms with E-state index in [4.69, 9.17) is 0 Å². The van der Waals surface area contributed by atoms with Gasteiger partial charge in [-0.15, -0.1) is 0 Å². The average Bonchev–Trinajstić information content (AvgIpc) is 2.30. The van der Waals surface area contributed by atoms with Crippen LogP contribution in [0.2, 0.25) is 0 Å². The molecule has 0 fully saturated rings. The van der Waals surface area contributed by atoms with Crippen molar-refractivity contribution < 1.29 is 4.79 Å². The van der Waals surface area contributed by atoms with E-state index in [9.17, 15) is 4.79 Å². The highest BCUT2D eigenvalue weighted by Crippen LogP contribution is 2.16. The van der Waals surface area contributed by atoms with Gasteiger partial charge in [0.05, 0.1) is 11.9 Å². The number of pyridine rings is 1. The Morgan fingerprint density at radius 2 is 2.13 bits per heavy atom. The highest BCUT2D eigenvalue weighted by atomic mass is 16.2. The van der Waals surface area contributed by atoms with E-state index in [1.54, 1.807) is 24.3 Å². The van der Waals surface area contributed by atoms with Crippen molar-refractivity contribution in [3.05, 3.63) is 24.5 Å². The monoisotopic (exact) mass is 206 g/mol. The summed E-state index contributed by atoms with van der Waals surface area (Å²) in [7, 11) is 1.80. The molecule has 0 aliphatic carbocycles. The summed E-state index contributed by atoms with van der Waals surface area (Å²) in [5.41, 5.74) is 0.856. The van der Waals surface area contributed by atoms with E-state index in [2.05, 4.69) is 4.98 Å². The molecule has 1 heterocycles. The number of anilines is 1. The van der Waals surface area contributed by atoms with Crippen LogP contribution in [0.4, 0.5) is 5.69 Å². The first-order valence-corrected chi connectivity index (χ1v) is 5.38. The standard InChI is InChI=1S/C12H18N2O/c1-4-10(5-2)12(15)14(3)11-7-6-8-13-9-11/h6-10H,4-5H2,1-3H3. The average molecular weight is 206 g/mol. The Balaban J connectivity index is 2.76. The van der Waals surface area contributed by atoms with Gasteiger partial charge in [-0.1, -0.05) is 13.8 Å². The van der Waals surface area contributed by atoms with Crippen molar-refractivity contribution in [2.75, 3.05) is 11.9 Å². The maximum absolute atomic E-state index is 12.0. The lowest BCUT2D eigenvalue weighted by atomic mass is 10.0. The molecule has 0 saturated carbocycles. The fraction of sp³-hybridized carbons (Fsp3) is 0.500. The molecule has 0 aliphatic rings. The van der Waals surface area contributed by atoms with Gasteiger partial charge in [0.15, 0.2) is 0 Å². The maximum Gasteiger partial charge on any atom is 0.229 e. The number of amides is 1. The first-order chi connectivity index (χ1) is 7.20. The summed E-state index contributed by atoms with van der Waals surface area (Å²) in [4.78, 5) is 17.7. The van der Waals surface area contributed by atoms with E-state index in [0.717, 1.165) is 18.5 Å². The van der Waals surface area contributed by atoms with E-state index in [1.807, 2.05) is 26.0 Å². The SMILES string of the molecule is CCC(CC)C(=O)N(C)c1cccnc1. The fourth-order valence-corrected chi connectivity index (χ4v) is 1.59. The Morgan fingerprint density at radius 1 is 1.47 bits per heavy atom. The molecule has 0 aromatic carbocycles. The molecule has 0 aliphatic heterocycles. The molecular formula is C12H18N2O. The summed E-state index contributed by atoms with van der Waals surface area (Å²) >= 11 is 0. The molecule has 3 heteroatoms. The predicted molar refractivity (Wildman–Crippen MR) is 61.7 cm³/mol. The number of rotatable bonds is 4. The zero-order valence-electron chi connectivity index (χ0n) is 9.60. The second-order valence-corrected chi connectivity index (χ2v) is 3.62. The Morgan fingerprint density at radius 3 is 2.60 bits per heavy atom. The molecule has 0 bridgehead atoms. The molecule has 0 saturated heterocycles.